The van der Waals surface area contributed by atoms with Crippen LogP contribution in [0.1, 0.15) is 39.5 Å². The molecule has 1 aliphatic rings. The second-order valence-electron chi connectivity index (χ2n) is 4.29. The van der Waals surface area contributed by atoms with Gasteiger partial charge in [0.15, 0.2) is 0 Å². The van der Waals surface area contributed by atoms with Gasteiger partial charge in [-0.1, -0.05) is 38.0 Å². The van der Waals surface area contributed by atoms with Crippen molar-refractivity contribution in [2.75, 3.05) is 0 Å². The van der Waals surface area contributed by atoms with Crippen molar-refractivity contribution in [2.45, 2.75) is 39.5 Å². The van der Waals surface area contributed by atoms with Gasteiger partial charge in [0.1, 0.15) is 0 Å². The third kappa shape index (κ3) is 1.48. The molecule has 1 aliphatic carbocycles. The Morgan fingerprint density at radius 2 is 2.17 bits per heavy atom. The van der Waals surface area contributed by atoms with Crippen molar-refractivity contribution in [3.63, 3.8) is 0 Å². The van der Waals surface area contributed by atoms with Crippen molar-refractivity contribution in [1.29, 1.82) is 0 Å². The van der Waals surface area contributed by atoms with E-state index in [2.05, 4.69) is 33.1 Å². The Bertz CT molecular complexity index is 190. The van der Waals surface area contributed by atoms with Crippen molar-refractivity contribution in [2.24, 2.45) is 11.3 Å². The van der Waals surface area contributed by atoms with E-state index in [1.165, 1.54) is 31.3 Å². The van der Waals surface area contributed by atoms with Crippen LogP contribution < -0.4 is 0 Å². The molecule has 0 aromatic carbocycles. The molecule has 0 radical (unpaired) electrons. The summed E-state index contributed by atoms with van der Waals surface area (Å²) in [5, 5.41) is 0. The highest BCUT2D eigenvalue weighted by Gasteiger charge is 2.34. The molecule has 68 valence electrons. The summed E-state index contributed by atoms with van der Waals surface area (Å²) in [4.78, 5) is 0. The standard InChI is InChI=1S/C12H20/c1-5-11-8-6-7-9-12(11,4)10(2)3/h5,11H,1-2,6-9H2,3-4H3. The van der Waals surface area contributed by atoms with Gasteiger partial charge in [0, 0.05) is 0 Å². The van der Waals surface area contributed by atoms with Gasteiger partial charge < -0.3 is 0 Å². The van der Waals surface area contributed by atoms with Gasteiger partial charge in [0.25, 0.3) is 0 Å². The first kappa shape index (κ1) is 9.57. The van der Waals surface area contributed by atoms with Gasteiger partial charge in [-0.3, -0.25) is 0 Å². The molecular weight excluding hydrogens is 144 g/mol. The molecule has 0 saturated heterocycles. The van der Waals surface area contributed by atoms with Crippen LogP contribution in [0.3, 0.4) is 0 Å². The lowest BCUT2D eigenvalue weighted by Gasteiger charge is -2.40. The van der Waals surface area contributed by atoms with E-state index in [9.17, 15) is 0 Å². The average molecular weight is 164 g/mol. The molecule has 2 atom stereocenters. The smallest absolute Gasteiger partial charge is 0.00592 e. The zero-order valence-corrected chi connectivity index (χ0v) is 8.40. The summed E-state index contributed by atoms with van der Waals surface area (Å²) in [5.41, 5.74) is 1.66. The van der Waals surface area contributed by atoms with Gasteiger partial charge in [-0.05, 0) is 31.1 Å². The van der Waals surface area contributed by atoms with Gasteiger partial charge >= 0.3 is 0 Å². The maximum absolute atomic E-state index is 4.10. The Morgan fingerprint density at radius 1 is 1.50 bits per heavy atom. The molecule has 0 aromatic rings. The van der Waals surface area contributed by atoms with E-state index in [-0.39, 0.29) is 0 Å². The summed E-state index contributed by atoms with van der Waals surface area (Å²) in [6.45, 7) is 12.5. The first-order valence-corrected chi connectivity index (χ1v) is 4.90. The van der Waals surface area contributed by atoms with E-state index >= 15 is 0 Å². The lowest BCUT2D eigenvalue weighted by atomic mass is 9.64. The lowest BCUT2D eigenvalue weighted by molar-refractivity contribution is 0.199. The third-order valence-corrected chi connectivity index (χ3v) is 3.54. The van der Waals surface area contributed by atoms with E-state index in [1.807, 2.05) is 0 Å². The number of allylic oxidation sites excluding steroid dienone is 2. The Kier molecular flexibility index (Phi) is 2.76. The zero-order chi connectivity index (χ0) is 9.19. The third-order valence-electron chi connectivity index (χ3n) is 3.54. The fourth-order valence-electron chi connectivity index (χ4n) is 2.27. The molecular formula is C12H20. The van der Waals surface area contributed by atoms with Crippen LogP contribution in [0, 0.1) is 11.3 Å². The van der Waals surface area contributed by atoms with Crippen molar-refractivity contribution < 1.29 is 0 Å². The lowest BCUT2D eigenvalue weighted by Crippen LogP contribution is -2.30. The molecule has 0 aromatic heterocycles. The molecule has 1 saturated carbocycles. The van der Waals surface area contributed by atoms with Crippen LogP contribution in [0.15, 0.2) is 24.8 Å². The number of hydrogen-bond acceptors (Lipinski definition) is 0. The van der Waals surface area contributed by atoms with Crippen LogP contribution >= 0.6 is 0 Å². The van der Waals surface area contributed by atoms with Gasteiger partial charge in [-0.25, -0.2) is 0 Å². The minimum absolute atomic E-state index is 0.333. The van der Waals surface area contributed by atoms with Gasteiger partial charge in [0.2, 0.25) is 0 Å². The van der Waals surface area contributed by atoms with E-state index < -0.39 is 0 Å². The van der Waals surface area contributed by atoms with Crippen LogP contribution in [0.2, 0.25) is 0 Å². The van der Waals surface area contributed by atoms with E-state index in [0.717, 1.165) is 0 Å². The fraction of sp³-hybridized carbons (Fsp3) is 0.667. The van der Waals surface area contributed by atoms with Crippen LogP contribution in [0.25, 0.3) is 0 Å². The predicted octanol–water partition coefficient (Wildman–Crippen LogP) is 3.95. The van der Waals surface area contributed by atoms with E-state index in [0.29, 0.717) is 11.3 Å². The highest BCUT2D eigenvalue weighted by Crippen LogP contribution is 2.45. The van der Waals surface area contributed by atoms with Crippen LogP contribution in [0.5, 0.6) is 0 Å². The molecule has 0 aliphatic heterocycles. The molecule has 2 unspecified atom stereocenters. The second kappa shape index (κ2) is 3.47. The monoisotopic (exact) mass is 164 g/mol. The molecule has 12 heavy (non-hydrogen) atoms. The molecule has 0 bridgehead atoms. The van der Waals surface area contributed by atoms with Gasteiger partial charge in [0.05, 0.1) is 0 Å². The number of hydrogen-bond donors (Lipinski definition) is 0. The van der Waals surface area contributed by atoms with E-state index in [4.69, 9.17) is 0 Å². The highest BCUT2D eigenvalue weighted by atomic mass is 14.4. The zero-order valence-electron chi connectivity index (χ0n) is 8.40. The van der Waals surface area contributed by atoms with Crippen molar-refractivity contribution >= 4 is 0 Å². The van der Waals surface area contributed by atoms with Crippen molar-refractivity contribution in [3.05, 3.63) is 24.8 Å². The highest BCUT2D eigenvalue weighted by molar-refractivity contribution is 5.12. The molecule has 0 heteroatoms. The summed E-state index contributed by atoms with van der Waals surface area (Å²) >= 11 is 0. The summed E-state index contributed by atoms with van der Waals surface area (Å²) < 4.78 is 0. The summed E-state index contributed by atoms with van der Waals surface area (Å²) in [7, 11) is 0. The summed E-state index contributed by atoms with van der Waals surface area (Å²) in [5.74, 6) is 0.656. The molecule has 1 fully saturated rings. The number of rotatable bonds is 2. The van der Waals surface area contributed by atoms with Gasteiger partial charge in [-0.15, -0.1) is 6.58 Å². The Hall–Kier alpha value is -0.520. The topological polar surface area (TPSA) is 0 Å². The first-order chi connectivity index (χ1) is 5.61. The van der Waals surface area contributed by atoms with Crippen LogP contribution in [-0.2, 0) is 0 Å². The maximum Gasteiger partial charge on any atom is -0.00592 e. The molecule has 0 nitrogen and oxygen atoms in total. The second-order valence-corrected chi connectivity index (χ2v) is 4.29. The van der Waals surface area contributed by atoms with Crippen LogP contribution in [0.4, 0.5) is 0 Å². The average Bonchev–Trinajstić information content (AvgIpc) is 2.05. The Labute approximate surface area is 76.4 Å². The fourth-order valence-corrected chi connectivity index (χ4v) is 2.27. The minimum Gasteiger partial charge on any atom is -0.103 e. The maximum atomic E-state index is 4.10. The Morgan fingerprint density at radius 3 is 2.58 bits per heavy atom. The summed E-state index contributed by atoms with van der Waals surface area (Å²) in [6.07, 6.45) is 7.42. The van der Waals surface area contributed by atoms with Gasteiger partial charge in [-0.2, -0.15) is 0 Å². The summed E-state index contributed by atoms with van der Waals surface area (Å²) in [6, 6.07) is 0. The van der Waals surface area contributed by atoms with E-state index in [1.54, 1.807) is 0 Å². The largest absolute Gasteiger partial charge is 0.103 e. The first-order valence-electron chi connectivity index (χ1n) is 4.90. The molecule has 0 spiro atoms. The van der Waals surface area contributed by atoms with Crippen LogP contribution in [-0.4, -0.2) is 0 Å². The normalized spacial score (nSPS) is 36.0. The van der Waals surface area contributed by atoms with Crippen molar-refractivity contribution in [1.82, 2.24) is 0 Å². The van der Waals surface area contributed by atoms with Crippen molar-refractivity contribution in [3.8, 4) is 0 Å². The molecule has 0 amide bonds. The predicted molar refractivity (Wildman–Crippen MR) is 55.1 cm³/mol. The quantitative estimate of drug-likeness (QED) is 0.542. The molecule has 1 rings (SSSR count). The molecule has 0 N–H and O–H groups in total. The minimum atomic E-state index is 0.333. The Balaban J connectivity index is 2.82. The molecule has 0 heterocycles. The SMILES string of the molecule is C=CC1CCCCC1(C)C(=C)C.